The van der Waals surface area contributed by atoms with E-state index < -0.39 is 0 Å². The summed E-state index contributed by atoms with van der Waals surface area (Å²) in [5.41, 5.74) is 3.55. The smallest absolute Gasteiger partial charge is 0.121 e. The van der Waals surface area contributed by atoms with Gasteiger partial charge in [0.15, 0.2) is 0 Å². The van der Waals surface area contributed by atoms with Crippen molar-refractivity contribution in [3.05, 3.63) is 59.2 Å². The Balaban J connectivity index is 2.27. The van der Waals surface area contributed by atoms with Crippen LogP contribution in [-0.2, 0) is 0 Å². The fraction of sp³-hybridized carbons (Fsp3) is 0.250. The largest absolute Gasteiger partial charge is 0.497 e. The molecule has 0 bridgehead atoms. The first-order chi connectivity index (χ1) is 9.15. The number of halogens is 1. The summed E-state index contributed by atoms with van der Waals surface area (Å²) in [7, 11) is 3.37. The van der Waals surface area contributed by atoms with Crippen LogP contribution in [0.25, 0.3) is 0 Å². The molecule has 100 valence electrons. The Morgan fingerprint density at radius 3 is 2.05 bits per heavy atom. The molecule has 0 aliphatic rings. The fourth-order valence-corrected chi connectivity index (χ4v) is 2.61. The monoisotopic (exact) mass is 320 g/mol. The van der Waals surface area contributed by atoms with E-state index in [-0.39, 0.29) is 4.83 Å². The molecule has 0 N–H and O–H groups in total. The minimum Gasteiger partial charge on any atom is -0.497 e. The van der Waals surface area contributed by atoms with Crippen molar-refractivity contribution in [2.75, 3.05) is 14.2 Å². The molecule has 0 heterocycles. The molecule has 0 aliphatic heterocycles. The van der Waals surface area contributed by atoms with Crippen molar-refractivity contribution in [2.45, 2.75) is 11.8 Å². The lowest BCUT2D eigenvalue weighted by molar-refractivity contribution is 0.411. The second kappa shape index (κ2) is 6.11. The number of hydrogen-bond donors (Lipinski definition) is 0. The minimum absolute atomic E-state index is 0.169. The summed E-state index contributed by atoms with van der Waals surface area (Å²) in [5, 5.41) is 0. The molecule has 2 aromatic rings. The van der Waals surface area contributed by atoms with Gasteiger partial charge < -0.3 is 9.47 Å². The highest BCUT2D eigenvalue weighted by molar-refractivity contribution is 9.09. The molecule has 3 heteroatoms. The third kappa shape index (κ3) is 3.10. The molecular weight excluding hydrogens is 304 g/mol. The van der Waals surface area contributed by atoms with Crippen LogP contribution in [0.2, 0.25) is 0 Å². The van der Waals surface area contributed by atoms with E-state index in [1.54, 1.807) is 14.2 Å². The average Bonchev–Trinajstić information content (AvgIpc) is 2.46. The van der Waals surface area contributed by atoms with Crippen LogP contribution in [0.4, 0.5) is 0 Å². The van der Waals surface area contributed by atoms with Crippen LogP contribution < -0.4 is 9.47 Å². The average molecular weight is 321 g/mol. The summed E-state index contributed by atoms with van der Waals surface area (Å²) in [4.78, 5) is 0.169. The van der Waals surface area contributed by atoms with E-state index in [1.807, 2.05) is 18.2 Å². The summed E-state index contributed by atoms with van der Waals surface area (Å²) in [6.07, 6.45) is 0. The lowest BCUT2D eigenvalue weighted by Gasteiger charge is -2.13. The SMILES string of the molecule is COc1ccc(C(Br)c2ccc(OC)c(C)c2)cc1. The number of benzene rings is 2. The second-order valence-corrected chi connectivity index (χ2v) is 5.28. The number of aryl methyl sites for hydroxylation is 1. The zero-order chi connectivity index (χ0) is 13.8. The predicted octanol–water partition coefficient (Wildman–Crippen LogP) is 4.50. The molecule has 0 radical (unpaired) electrons. The summed E-state index contributed by atoms with van der Waals surface area (Å²) in [5.74, 6) is 1.78. The maximum Gasteiger partial charge on any atom is 0.121 e. The van der Waals surface area contributed by atoms with Crippen LogP contribution in [0.3, 0.4) is 0 Å². The third-order valence-corrected chi connectivity index (χ3v) is 4.18. The van der Waals surface area contributed by atoms with E-state index in [0.717, 1.165) is 17.1 Å². The number of alkyl halides is 1. The van der Waals surface area contributed by atoms with Gasteiger partial charge in [-0.25, -0.2) is 0 Å². The van der Waals surface area contributed by atoms with Gasteiger partial charge in [0.2, 0.25) is 0 Å². The first kappa shape index (κ1) is 13.9. The molecular formula is C16H17BrO2. The van der Waals surface area contributed by atoms with Crippen LogP contribution in [0.1, 0.15) is 21.5 Å². The summed E-state index contributed by atoms with van der Waals surface area (Å²) >= 11 is 3.74. The first-order valence-electron chi connectivity index (χ1n) is 6.08. The summed E-state index contributed by atoms with van der Waals surface area (Å²) < 4.78 is 10.5. The molecule has 0 saturated carbocycles. The lowest BCUT2D eigenvalue weighted by Crippen LogP contribution is -1.95. The van der Waals surface area contributed by atoms with Crippen LogP contribution in [0.15, 0.2) is 42.5 Å². The Hall–Kier alpha value is -1.48. The molecule has 1 unspecified atom stereocenters. The molecule has 0 spiro atoms. The maximum absolute atomic E-state index is 5.28. The highest BCUT2D eigenvalue weighted by atomic mass is 79.9. The molecule has 0 saturated heterocycles. The molecule has 1 atom stereocenters. The van der Waals surface area contributed by atoms with Crippen LogP contribution in [-0.4, -0.2) is 14.2 Å². The third-order valence-electron chi connectivity index (χ3n) is 3.12. The summed E-state index contributed by atoms with van der Waals surface area (Å²) in [6.45, 7) is 2.05. The highest BCUT2D eigenvalue weighted by Gasteiger charge is 2.11. The molecule has 2 nitrogen and oxygen atoms in total. The quantitative estimate of drug-likeness (QED) is 0.772. The normalized spacial score (nSPS) is 12.0. The molecule has 0 amide bonds. The van der Waals surface area contributed by atoms with Crippen molar-refractivity contribution < 1.29 is 9.47 Å². The number of hydrogen-bond acceptors (Lipinski definition) is 2. The van der Waals surface area contributed by atoms with E-state index in [4.69, 9.17) is 9.47 Å². The molecule has 19 heavy (non-hydrogen) atoms. The topological polar surface area (TPSA) is 18.5 Å². The van der Waals surface area contributed by atoms with Gasteiger partial charge in [0.05, 0.1) is 19.0 Å². The van der Waals surface area contributed by atoms with Gasteiger partial charge in [0, 0.05) is 0 Å². The molecule has 2 aromatic carbocycles. The van der Waals surface area contributed by atoms with Gasteiger partial charge in [-0.05, 0) is 41.8 Å². The number of ether oxygens (including phenoxy) is 2. The van der Waals surface area contributed by atoms with Crippen molar-refractivity contribution in [2.24, 2.45) is 0 Å². The van der Waals surface area contributed by atoms with E-state index in [2.05, 4.69) is 47.1 Å². The number of rotatable bonds is 4. The van der Waals surface area contributed by atoms with E-state index in [1.165, 1.54) is 11.1 Å². The maximum atomic E-state index is 5.28. The Morgan fingerprint density at radius 1 is 0.895 bits per heavy atom. The minimum atomic E-state index is 0.169. The fourth-order valence-electron chi connectivity index (χ4n) is 2.02. The van der Waals surface area contributed by atoms with E-state index in [0.29, 0.717) is 0 Å². The van der Waals surface area contributed by atoms with Gasteiger partial charge in [-0.2, -0.15) is 0 Å². The Morgan fingerprint density at radius 2 is 1.53 bits per heavy atom. The van der Waals surface area contributed by atoms with Crippen LogP contribution in [0, 0.1) is 6.92 Å². The van der Waals surface area contributed by atoms with Crippen LogP contribution >= 0.6 is 15.9 Å². The second-order valence-electron chi connectivity index (χ2n) is 4.36. The Labute approximate surface area is 122 Å². The summed E-state index contributed by atoms with van der Waals surface area (Å²) in [6, 6.07) is 14.3. The standard InChI is InChI=1S/C16H17BrO2/c1-11-10-13(6-9-15(11)19-3)16(17)12-4-7-14(18-2)8-5-12/h4-10,16H,1-3H3. The van der Waals surface area contributed by atoms with Gasteiger partial charge in [0.1, 0.15) is 11.5 Å². The van der Waals surface area contributed by atoms with Crippen molar-refractivity contribution in [1.29, 1.82) is 0 Å². The first-order valence-corrected chi connectivity index (χ1v) is 7.00. The van der Waals surface area contributed by atoms with E-state index in [9.17, 15) is 0 Å². The van der Waals surface area contributed by atoms with Gasteiger partial charge in [-0.3, -0.25) is 0 Å². The predicted molar refractivity (Wildman–Crippen MR) is 81.5 cm³/mol. The molecule has 2 rings (SSSR count). The zero-order valence-corrected chi connectivity index (χ0v) is 12.9. The van der Waals surface area contributed by atoms with Crippen molar-refractivity contribution >= 4 is 15.9 Å². The van der Waals surface area contributed by atoms with Gasteiger partial charge in [-0.15, -0.1) is 0 Å². The van der Waals surface area contributed by atoms with Crippen molar-refractivity contribution in [3.8, 4) is 11.5 Å². The van der Waals surface area contributed by atoms with Gasteiger partial charge >= 0.3 is 0 Å². The number of methoxy groups -OCH3 is 2. The Kier molecular flexibility index (Phi) is 4.48. The molecule has 0 aromatic heterocycles. The zero-order valence-electron chi connectivity index (χ0n) is 11.3. The molecule has 0 aliphatic carbocycles. The van der Waals surface area contributed by atoms with Crippen molar-refractivity contribution in [3.63, 3.8) is 0 Å². The van der Waals surface area contributed by atoms with Gasteiger partial charge in [-0.1, -0.05) is 40.2 Å². The lowest BCUT2D eigenvalue weighted by atomic mass is 10.0. The van der Waals surface area contributed by atoms with E-state index >= 15 is 0 Å². The molecule has 0 fully saturated rings. The highest BCUT2D eigenvalue weighted by Crippen LogP contribution is 2.33. The Bertz CT molecular complexity index is 549. The van der Waals surface area contributed by atoms with Crippen molar-refractivity contribution in [1.82, 2.24) is 0 Å². The van der Waals surface area contributed by atoms with Gasteiger partial charge in [0.25, 0.3) is 0 Å². The van der Waals surface area contributed by atoms with Crippen LogP contribution in [0.5, 0.6) is 11.5 Å².